The molecule has 2 aromatic carbocycles. The zero-order chi connectivity index (χ0) is 11.9. The van der Waals surface area contributed by atoms with Crippen LogP contribution in [-0.4, -0.2) is 0 Å². The van der Waals surface area contributed by atoms with Crippen LogP contribution in [0, 0.1) is 0 Å². The van der Waals surface area contributed by atoms with Gasteiger partial charge in [-0.1, -0.05) is 60.7 Å². The second-order valence-electron chi connectivity index (χ2n) is 3.90. The first kappa shape index (κ1) is 11.8. The second kappa shape index (κ2) is 6.18. The number of benzene rings is 2. The first-order chi connectivity index (χ1) is 8.36. The lowest BCUT2D eigenvalue weighted by Crippen LogP contribution is -2.01. The molecule has 0 spiro atoms. The first-order valence-electron chi connectivity index (χ1n) is 5.73. The maximum Gasteiger partial charge on any atom is 0.115 e. The summed E-state index contributed by atoms with van der Waals surface area (Å²) >= 11 is 0. The summed E-state index contributed by atoms with van der Waals surface area (Å²) in [7, 11) is 0. The normalized spacial score (nSPS) is 12.3. The van der Waals surface area contributed by atoms with Crippen LogP contribution in [0.5, 0.6) is 0 Å². The summed E-state index contributed by atoms with van der Waals surface area (Å²) in [5, 5.41) is 0. The molecule has 0 amide bonds. The molecule has 0 aliphatic carbocycles. The first-order valence-corrected chi connectivity index (χ1v) is 5.73. The van der Waals surface area contributed by atoms with Crippen LogP contribution in [0.25, 0.3) is 0 Å². The van der Waals surface area contributed by atoms with Crippen LogP contribution < -0.4 is 0 Å². The average Bonchev–Trinajstić information content (AvgIpc) is 2.41. The van der Waals surface area contributed by atoms with E-state index in [0.717, 1.165) is 11.1 Å². The Balaban J connectivity index is 1.79. The zero-order valence-corrected chi connectivity index (χ0v) is 9.87. The lowest BCUT2D eigenvalue weighted by atomic mass is 10.1. The second-order valence-corrected chi connectivity index (χ2v) is 3.90. The SMILES string of the molecule is CC(OOCc1ccccc1)c1ccccc1. The van der Waals surface area contributed by atoms with E-state index in [0.29, 0.717) is 6.61 Å². The summed E-state index contributed by atoms with van der Waals surface area (Å²) < 4.78 is 0. The lowest BCUT2D eigenvalue weighted by Gasteiger charge is -2.12. The van der Waals surface area contributed by atoms with Crippen molar-refractivity contribution in [3.63, 3.8) is 0 Å². The standard InChI is InChI=1S/C15H16O2/c1-13(15-10-6-3-7-11-15)17-16-12-14-8-4-2-5-9-14/h2-11,13H,12H2,1H3. The highest BCUT2D eigenvalue weighted by molar-refractivity contribution is 5.16. The maximum absolute atomic E-state index is 5.33. The molecular formula is C15H16O2. The highest BCUT2D eigenvalue weighted by Crippen LogP contribution is 2.16. The van der Waals surface area contributed by atoms with Gasteiger partial charge in [-0.25, -0.2) is 9.78 Å². The van der Waals surface area contributed by atoms with Gasteiger partial charge in [0.05, 0.1) is 0 Å². The van der Waals surface area contributed by atoms with Crippen LogP contribution in [-0.2, 0) is 16.4 Å². The molecule has 2 heteroatoms. The van der Waals surface area contributed by atoms with Crippen molar-refractivity contribution >= 4 is 0 Å². The van der Waals surface area contributed by atoms with Gasteiger partial charge < -0.3 is 0 Å². The molecule has 2 aromatic rings. The van der Waals surface area contributed by atoms with E-state index in [-0.39, 0.29) is 6.10 Å². The largest absolute Gasteiger partial charge is 0.231 e. The molecule has 1 atom stereocenters. The molecule has 1 unspecified atom stereocenters. The molecule has 2 rings (SSSR count). The lowest BCUT2D eigenvalue weighted by molar-refractivity contribution is -0.332. The molecule has 0 radical (unpaired) electrons. The van der Waals surface area contributed by atoms with Crippen molar-refractivity contribution in [3.05, 3.63) is 71.8 Å². The summed E-state index contributed by atoms with van der Waals surface area (Å²) in [6.45, 7) is 2.44. The summed E-state index contributed by atoms with van der Waals surface area (Å²) in [5.41, 5.74) is 2.22. The van der Waals surface area contributed by atoms with Crippen molar-refractivity contribution in [1.82, 2.24) is 0 Å². The summed E-state index contributed by atoms with van der Waals surface area (Å²) in [4.78, 5) is 10.6. The molecule has 17 heavy (non-hydrogen) atoms. The Morgan fingerprint density at radius 3 is 2.12 bits per heavy atom. The smallest absolute Gasteiger partial charge is 0.115 e. The Kier molecular flexibility index (Phi) is 4.30. The Labute approximate surface area is 102 Å². The van der Waals surface area contributed by atoms with E-state index in [2.05, 4.69) is 0 Å². The Hall–Kier alpha value is -1.64. The number of hydrogen-bond donors (Lipinski definition) is 0. The summed E-state index contributed by atoms with van der Waals surface area (Å²) in [6.07, 6.45) is -0.0556. The maximum atomic E-state index is 5.33. The number of hydrogen-bond acceptors (Lipinski definition) is 2. The van der Waals surface area contributed by atoms with Gasteiger partial charge in [0.2, 0.25) is 0 Å². The predicted molar refractivity (Wildman–Crippen MR) is 67.2 cm³/mol. The van der Waals surface area contributed by atoms with E-state index in [1.54, 1.807) is 0 Å². The summed E-state index contributed by atoms with van der Waals surface area (Å²) in [5.74, 6) is 0. The highest BCUT2D eigenvalue weighted by Gasteiger charge is 2.05. The van der Waals surface area contributed by atoms with E-state index < -0.39 is 0 Å². The monoisotopic (exact) mass is 228 g/mol. The molecule has 0 aromatic heterocycles. The Morgan fingerprint density at radius 1 is 0.882 bits per heavy atom. The Morgan fingerprint density at radius 2 is 1.47 bits per heavy atom. The van der Waals surface area contributed by atoms with Crippen LogP contribution in [0.3, 0.4) is 0 Å². The third-order valence-electron chi connectivity index (χ3n) is 2.55. The number of rotatable bonds is 5. The van der Waals surface area contributed by atoms with E-state index in [1.807, 2.05) is 67.6 Å². The molecule has 0 aliphatic rings. The minimum Gasteiger partial charge on any atom is -0.231 e. The molecule has 0 saturated carbocycles. The van der Waals surface area contributed by atoms with Crippen molar-refractivity contribution in [2.24, 2.45) is 0 Å². The minimum atomic E-state index is -0.0556. The zero-order valence-electron chi connectivity index (χ0n) is 9.87. The molecule has 0 heterocycles. The van der Waals surface area contributed by atoms with Gasteiger partial charge in [-0.05, 0) is 18.1 Å². The third-order valence-corrected chi connectivity index (χ3v) is 2.55. The molecule has 0 aliphatic heterocycles. The molecule has 0 fully saturated rings. The van der Waals surface area contributed by atoms with Gasteiger partial charge in [-0.3, -0.25) is 0 Å². The fraction of sp³-hybridized carbons (Fsp3) is 0.200. The van der Waals surface area contributed by atoms with Gasteiger partial charge in [-0.2, -0.15) is 0 Å². The quantitative estimate of drug-likeness (QED) is 0.571. The van der Waals surface area contributed by atoms with Gasteiger partial charge in [-0.15, -0.1) is 0 Å². The summed E-state index contributed by atoms with van der Waals surface area (Å²) in [6, 6.07) is 20.0. The van der Waals surface area contributed by atoms with Crippen LogP contribution in [0.4, 0.5) is 0 Å². The fourth-order valence-corrected chi connectivity index (χ4v) is 1.56. The minimum absolute atomic E-state index is 0.0556. The molecule has 0 bridgehead atoms. The molecule has 0 N–H and O–H groups in total. The van der Waals surface area contributed by atoms with Gasteiger partial charge >= 0.3 is 0 Å². The van der Waals surface area contributed by atoms with Gasteiger partial charge in [0.15, 0.2) is 0 Å². The van der Waals surface area contributed by atoms with Crippen LogP contribution in [0.2, 0.25) is 0 Å². The topological polar surface area (TPSA) is 18.5 Å². The van der Waals surface area contributed by atoms with Crippen LogP contribution in [0.15, 0.2) is 60.7 Å². The average molecular weight is 228 g/mol. The fourth-order valence-electron chi connectivity index (χ4n) is 1.56. The molecular weight excluding hydrogens is 212 g/mol. The van der Waals surface area contributed by atoms with Crippen molar-refractivity contribution in [2.45, 2.75) is 19.6 Å². The van der Waals surface area contributed by atoms with Crippen LogP contribution in [0.1, 0.15) is 24.2 Å². The van der Waals surface area contributed by atoms with Crippen molar-refractivity contribution < 1.29 is 9.78 Å². The van der Waals surface area contributed by atoms with Gasteiger partial charge in [0.25, 0.3) is 0 Å². The predicted octanol–water partition coefficient (Wildman–Crippen LogP) is 3.90. The van der Waals surface area contributed by atoms with Crippen molar-refractivity contribution in [1.29, 1.82) is 0 Å². The van der Waals surface area contributed by atoms with E-state index in [1.165, 1.54) is 0 Å². The highest BCUT2D eigenvalue weighted by atomic mass is 17.2. The van der Waals surface area contributed by atoms with Crippen molar-refractivity contribution in [2.75, 3.05) is 0 Å². The Bertz CT molecular complexity index is 425. The molecule has 88 valence electrons. The van der Waals surface area contributed by atoms with Crippen molar-refractivity contribution in [3.8, 4) is 0 Å². The van der Waals surface area contributed by atoms with E-state index in [4.69, 9.17) is 9.78 Å². The van der Waals surface area contributed by atoms with E-state index >= 15 is 0 Å². The third kappa shape index (κ3) is 3.70. The van der Waals surface area contributed by atoms with E-state index in [9.17, 15) is 0 Å². The molecule has 2 nitrogen and oxygen atoms in total. The van der Waals surface area contributed by atoms with Crippen LogP contribution >= 0.6 is 0 Å². The van der Waals surface area contributed by atoms with Gasteiger partial charge in [0, 0.05) is 0 Å². The van der Waals surface area contributed by atoms with Gasteiger partial charge in [0.1, 0.15) is 12.7 Å². The molecule has 0 saturated heterocycles.